The molecule has 0 aromatic heterocycles. The van der Waals surface area contributed by atoms with Gasteiger partial charge in [-0.1, -0.05) is 6.08 Å². The minimum absolute atomic E-state index is 0.0803. The van der Waals surface area contributed by atoms with E-state index in [4.69, 9.17) is 0 Å². The van der Waals surface area contributed by atoms with Crippen LogP contribution in [0.25, 0.3) is 0 Å². The summed E-state index contributed by atoms with van der Waals surface area (Å²) in [5, 5.41) is 9.00. The maximum absolute atomic E-state index is 11.2. The van der Waals surface area contributed by atoms with Crippen molar-refractivity contribution in [2.45, 2.75) is 18.5 Å². The molecule has 2 bridgehead atoms. The quantitative estimate of drug-likeness (QED) is 0.530. The standard InChI is InChI=1S/C9H15N3O/c1-2-3-10-9(13)12-8-6-4-7(8)11-5-6/h2,6-8,11H,1,3-5H2,(H2,10,12,13). The van der Waals surface area contributed by atoms with Crippen LogP contribution < -0.4 is 16.0 Å². The van der Waals surface area contributed by atoms with Gasteiger partial charge in [-0.25, -0.2) is 4.79 Å². The molecule has 0 aromatic carbocycles. The lowest BCUT2D eigenvalue weighted by atomic mass is 9.80. The summed E-state index contributed by atoms with van der Waals surface area (Å²) in [6.07, 6.45) is 2.89. The molecule has 3 fully saturated rings. The molecule has 3 N–H and O–H groups in total. The number of hydrogen-bond acceptors (Lipinski definition) is 2. The van der Waals surface area contributed by atoms with Gasteiger partial charge in [-0.05, 0) is 12.3 Å². The van der Waals surface area contributed by atoms with Crippen LogP contribution >= 0.6 is 0 Å². The Balaban J connectivity index is 1.72. The van der Waals surface area contributed by atoms with E-state index in [1.165, 1.54) is 6.42 Å². The van der Waals surface area contributed by atoms with Gasteiger partial charge >= 0.3 is 6.03 Å². The second-order valence-corrected chi connectivity index (χ2v) is 3.68. The van der Waals surface area contributed by atoms with E-state index in [1.54, 1.807) is 6.08 Å². The van der Waals surface area contributed by atoms with E-state index in [1.807, 2.05) is 0 Å². The molecule has 3 atom stereocenters. The fourth-order valence-corrected chi connectivity index (χ4v) is 2.06. The second-order valence-electron chi connectivity index (χ2n) is 3.68. The zero-order valence-corrected chi connectivity index (χ0v) is 7.55. The Morgan fingerprint density at radius 2 is 2.54 bits per heavy atom. The maximum Gasteiger partial charge on any atom is 0.315 e. The average Bonchev–Trinajstić information content (AvgIpc) is 2.71. The number of rotatable bonds is 3. The molecule has 2 amide bonds. The Kier molecular flexibility index (Phi) is 2.22. The van der Waals surface area contributed by atoms with Gasteiger partial charge < -0.3 is 16.0 Å². The summed E-state index contributed by atoms with van der Waals surface area (Å²) in [5.74, 6) is 0.652. The molecular weight excluding hydrogens is 166 g/mol. The molecule has 1 saturated carbocycles. The first-order valence-electron chi connectivity index (χ1n) is 4.70. The second kappa shape index (κ2) is 3.38. The van der Waals surface area contributed by atoms with E-state index < -0.39 is 0 Å². The summed E-state index contributed by atoms with van der Waals surface area (Å²) in [6, 6.07) is 0.785. The fraction of sp³-hybridized carbons (Fsp3) is 0.667. The Morgan fingerprint density at radius 3 is 3.08 bits per heavy atom. The van der Waals surface area contributed by atoms with Gasteiger partial charge in [-0.2, -0.15) is 0 Å². The number of carbonyl (C=O) groups is 1. The van der Waals surface area contributed by atoms with E-state index >= 15 is 0 Å². The van der Waals surface area contributed by atoms with E-state index in [0.717, 1.165) is 6.54 Å². The Labute approximate surface area is 77.8 Å². The monoisotopic (exact) mass is 181 g/mol. The summed E-state index contributed by atoms with van der Waals surface area (Å²) >= 11 is 0. The van der Waals surface area contributed by atoms with Crippen molar-refractivity contribution in [3.63, 3.8) is 0 Å². The third-order valence-corrected chi connectivity index (χ3v) is 2.84. The SMILES string of the molecule is C=CCNC(=O)NC1C2CNC1C2. The van der Waals surface area contributed by atoms with Crippen molar-refractivity contribution in [2.24, 2.45) is 5.92 Å². The van der Waals surface area contributed by atoms with Crippen molar-refractivity contribution in [1.82, 2.24) is 16.0 Å². The highest BCUT2D eigenvalue weighted by molar-refractivity contribution is 5.74. The Morgan fingerprint density at radius 1 is 1.69 bits per heavy atom. The number of fused-ring (bicyclic) bond motifs is 1. The molecule has 72 valence electrons. The van der Waals surface area contributed by atoms with Gasteiger partial charge in [0.15, 0.2) is 0 Å². The fourth-order valence-electron chi connectivity index (χ4n) is 2.06. The maximum atomic E-state index is 11.2. The number of nitrogens with one attached hydrogen (secondary N) is 3. The van der Waals surface area contributed by atoms with Crippen molar-refractivity contribution in [2.75, 3.05) is 13.1 Å². The number of urea groups is 1. The van der Waals surface area contributed by atoms with Crippen LogP contribution in [-0.2, 0) is 0 Å². The van der Waals surface area contributed by atoms with Crippen LogP contribution in [0.1, 0.15) is 6.42 Å². The lowest BCUT2D eigenvalue weighted by Gasteiger charge is -2.34. The smallest absolute Gasteiger partial charge is 0.315 e. The van der Waals surface area contributed by atoms with Crippen molar-refractivity contribution < 1.29 is 4.79 Å². The number of hydrogen-bond donors (Lipinski definition) is 3. The molecule has 0 spiro atoms. The lowest BCUT2D eigenvalue weighted by molar-refractivity contribution is 0.212. The van der Waals surface area contributed by atoms with Gasteiger partial charge in [0.1, 0.15) is 0 Å². The van der Waals surface area contributed by atoms with E-state index in [9.17, 15) is 4.79 Å². The normalized spacial score (nSPS) is 34.9. The molecular formula is C9H15N3O. The summed E-state index contributed by atoms with van der Waals surface area (Å²) in [6.45, 7) is 5.12. The van der Waals surface area contributed by atoms with E-state index in [2.05, 4.69) is 22.5 Å². The minimum atomic E-state index is -0.0803. The Bertz CT molecular complexity index is 215. The zero-order valence-electron chi connectivity index (χ0n) is 7.55. The topological polar surface area (TPSA) is 53.2 Å². The highest BCUT2D eigenvalue weighted by Crippen LogP contribution is 2.33. The number of carbonyl (C=O) groups excluding carboxylic acids is 1. The summed E-state index contributed by atoms with van der Waals surface area (Å²) in [5.41, 5.74) is 0. The molecule has 2 heterocycles. The highest BCUT2D eigenvalue weighted by Gasteiger charge is 2.47. The van der Waals surface area contributed by atoms with E-state index in [0.29, 0.717) is 24.5 Å². The largest absolute Gasteiger partial charge is 0.335 e. The van der Waals surface area contributed by atoms with Crippen molar-refractivity contribution in [3.8, 4) is 0 Å². The third-order valence-electron chi connectivity index (χ3n) is 2.84. The van der Waals surface area contributed by atoms with Gasteiger partial charge in [0.05, 0.1) is 0 Å². The van der Waals surface area contributed by atoms with E-state index in [-0.39, 0.29) is 6.03 Å². The van der Waals surface area contributed by atoms with Crippen LogP contribution in [0.3, 0.4) is 0 Å². The first-order valence-corrected chi connectivity index (χ1v) is 4.70. The summed E-state index contributed by atoms with van der Waals surface area (Å²) in [4.78, 5) is 11.2. The van der Waals surface area contributed by atoms with Gasteiger partial charge in [0.2, 0.25) is 0 Å². The molecule has 3 unspecified atom stereocenters. The van der Waals surface area contributed by atoms with Crippen LogP contribution in [-0.4, -0.2) is 31.2 Å². The number of amides is 2. The van der Waals surface area contributed by atoms with Crippen LogP contribution in [0.2, 0.25) is 0 Å². The van der Waals surface area contributed by atoms with Gasteiger partial charge in [0.25, 0.3) is 0 Å². The lowest BCUT2D eigenvalue weighted by Crippen LogP contribution is -2.56. The summed E-state index contributed by atoms with van der Waals surface area (Å²) in [7, 11) is 0. The molecule has 13 heavy (non-hydrogen) atoms. The van der Waals surface area contributed by atoms with Crippen molar-refractivity contribution in [1.29, 1.82) is 0 Å². The molecule has 4 nitrogen and oxygen atoms in total. The zero-order chi connectivity index (χ0) is 9.26. The van der Waals surface area contributed by atoms with Gasteiger partial charge in [-0.3, -0.25) is 0 Å². The predicted octanol–water partition coefficient (Wildman–Crippen LogP) is -0.168. The average molecular weight is 181 g/mol. The molecule has 1 aliphatic carbocycles. The predicted molar refractivity (Wildman–Crippen MR) is 50.4 cm³/mol. The van der Waals surface area contributed by atoms with Gasteiger partial charge in [0, 0.05) is 25.2 Å². The molecule has 3 aliphatic rings. The Hall–Kier alpha value is -1.03. The summed E-state index contributed by atoms with van der Waals surface area (Å²) < 4.78 is 0. The van der Waals surface area contributed by atoms with Crippen molar-refractivity contribution in [3.05, 3.63) is 12.7 Å². The molecule has 4 heteroatoms. The molecule has 2 aliphatic heterocycles. The minimum Gasteiger partial charge on any atom is -0.335 e. The van der Waals surface area contributed by atoms with Crippen LogP contribution in [0, 0.1) is 5.92 Å². The van der Waals surface area contributed by atoms with Crippen LogP contribution in [0.5, 0.6) is 0 Å². The van der Waals surface area contributed by atoms with Crippen LogP contribution in [0.4, 0.5) is 4.79 Å². The highest BCUT2D eigenvalue weighted by atomic mass is 16.2. The molecule has 3 rings (SSSR count). The van der Waals surface area contributed by atoms with Gasteiger partial charge in [-0.15, -0.1) is 6.58 Å². The van der Waals surface area contributed by atoms with Crippen molar-refractivity contribution >= 4 is 6.03 Å². The molecule has 0 radical (unpaired) electrons. The first-order chi connectivity index (χ1) is 6.31. The van der Waals surface area contributed by atoms with Crippen LogP contribution in [0.15, 0.2) is 12.7 Å². The molecule has 0 aromatic rings. The molecule has 2 saturated heterocycles. The third kappa shape index (κ3) is 1.54. The first kappa shape index (κ1) is 8.56.